The Hall–Kier alpha value is -4.97. The van der Waals surface area contributed by atoms with Gasteiger partial charge in [-0.15, -0.1) is 0 Å². The number of esters is 3. The van der Waals surface area contributed by atoms with Crippen LogP contribution in [0.25, 0.3) is 0 Å². The summed E-state index contributed by atoms with van der Waals surface area (Å²) in [5, 5.41) is 0. The molecule has 0 spiro atoms. The van der Waals surface area contributed by atoms with Gasteiger partial charge in [0.05, 0.1) is 0 Å². The third-order valence-corrected chi connectivity index (χ3v) is 11.0. The van der Waals surface area contributed by atoms with Gasteiger partial charge in [0.25, 0.3) is 0 Å². The van der Waals surface area contributed by atoms with E-state index in [2.05, 4.69) is 179 Å². The van der Waals surface area contributed by atoms with Gasteiger partial charge >= 0.3 is 17.9 Å². The Morgan fingerprint density at radius 1 is 0.296 bits per heavy atom. The fourth-order valence-corrected chi connectivity index (χ4v) is 6.90. The topological polar surface area (TPSA) is 78.9 Å². The van der Waals surface area contributed by atoms with E-state index in [1.165, 1.54) is 38.5 Å². The Morgan fingerprint density at radius 3 is 0.915 bits per heavy atom. The summed E-state index contributed by atoms with van der Waals surface area (Å²) in [5.41, 5.74) is 0. The number of unbranched alkanes of at least 4 members (excludes halogenated alkanes) is 11. The maximum absolute atomic E-state index is 12.8. The molecule has 0 rings (SSSR count). The van der Waals surface area contributed by atoms with Crippen molar-refractivity contribution < 1.29 is 28.6 Å². The molecule has 0 aliphatic rings. The first-order chi connectivity index (χ1) is 35.0. The molecule has 71 heavy (non-hydrogen) atoms. The van der Waals surface area contributed by atoms with Crippen molar-refractivity contribution in [1.29, 1.82) is 0 Å². The molecule has 0 radical (unpaired) electrons. The van der Waals surface area contributed by atoms with Crippen molar-refractivity contribution in [1.82, 2.24) is 0 Å². The molecule has 396 valence electrons. The maximum atomic E-state index is 12.8. The molecule has 1 atom stereocenters. The van der Waals surface area contributed by atoms with Crippen LogP contribution >= 0.6 is 0 Å². The maximum Gasteiger partial charge on any atom is 0.306 e. The first-order valence-corrected chi connectivity index (χ1v) is 28.0. The standard InChI is InChI=1S/C65H100O6/c1-4-7-10-13-16-19-21-23-25-27-29-31-32-34-35-37-39-41-43-46-49-52-55-58-64(67)70-61-62(60-69-63(66)57-54-51-48-45-18-15-12-9-6-3)71-65(68)59-56-53-50-47-44-42-40-38-36-33-30-28-26-24-22-20-17-14-11-8-5-2/h7-8,10-11,16-17,19-20,23-26,29-31,33-35,38-41,44,46-47,49,62H,4-6,9,12-15,18,21-22,27-28,32,36-37,42-43,45,48,50-61H2,1-3H3/b10-7-,11-8-,19-16-,20-17-,25-23-,26-24-,31-29-,33-30-,35-34-,40-38-,41-39-,47-44-,49-46-. The van der Waals surface area contributed by atoms with Crippen LogP contribution in [0.15, 0.2) is 158 Å². The van der Waals surface area contributed by atoms with Gasteiger partial charge in [0, 0.05) is 19.3 Å². The highest BCUT2D eigenvalue weighted by Crippen LogP contribution is 2.12. The van der Waals surface area contributed by atoms with Crippen LogP contribution in [0.4, 0.5) is 0 Å². The van der Waals surface area contributed by atoms with Crippen LogP contribution in [0.3, 0.4) is 0 Å². The smallest absolute Gasteiger partial charge is 0.306 e. The van der Waals surface area contributed by atoms with Crippen molar-refractivity contribution in [2.75, 3.05) is 13.2 Å². The van der Waals surface area contributed by atoms with Crippen molar-refractivity contribution in [3.05, 3.63) is 158 Å². The van der Waals surface area contributed by atoms with E-state index in [9.17, 15) is 14.4 Å². The van der Waals surface area contributed by atoms with Gasteiger partial charge in [-0.1, -0.05) is 230 Å². The van der Waals surface area contributed by atoms with E-state index >= 15 is 0 Å². The van der Waals surface area contributed by atoms with E-state index in [0.717, 1.165) is 122 Å². The van der Waals surface area contributed by atoms with Gasteiger partial charge < -0.3 is 14.2 Å². The highest BCUT2D eigenvalue weighted by molar-refractivity contribution is 5.71. The van der Waals surface area contributed by atoms with Gasteiger partial charge in [-0.2, -0.15) is 0 Å². The van der Waals surface area contributed by atoms with Crippen molar-refractivity contribution in [3.63, 3.8) is 0 Å². The van der Waals surface area contributed by atoms with Crippen LogP contribution in [0.2, 0.25) is 0 Å². The molecule has 6 nitrogen and oxygen atoms in total. The minimum atomic E-state index is -0.830. The summed E-state index contributed by atoms with van der Waals surface area (Å²) in [6.45, 7) is 6.28. The first-order valence-electron chi connectivity index (χ1n) is 28.0. The predicted octanol–water partition coefficient (Wildman–Crippen LogP) is 19.0. The molecule has 0 amide bonds. The Bertz CT molecular complexity index is 1640. The second kappa shape index (κ2) is 57.6. The minimum absolute atomic E-state index is 0.120. The summed E-state index contributed by atoms with van der Waals surface area (Å²) in [6, 6.07) is 0. The lowest BCUT2D eigenvalue weighted by molar-refractivity contribution is -0.167. The van der Waals surface area contributed by atoms with Crippen molar-refractivity contribution in [2.45, 2.75) is 219 Å². The minimum Gasteiger partial charge on any atom is -0.462 e. The fraction of sp³-hybridized carbons (Fsp3) is 0.554. The van der Waals surface area contributed by atoms with Crippen molar-refractivity contribution in [2.24, 2.45) is 0 Å². The van der Waals surface area contributed by atoms with E-state index in [1.807, 2.05) is 0 Å². The molecular formula is C65H100O6. The second-order valence-electron chi connectivity index (χ2n) is 17.7. The molecular weight excluding hydrogens is 877 g/mol. The lowest BCUT2D eigenvalue weighted by Gasteiger charge is -2.18. The van der Waals surface area contributed by atoms with Gasteiger partial charge in [0.1, 0.15) is 13.2 Å². The van der Waals surface area contributed by atoms with Gasteiger partial charge in [0.2, 0.25) is 0 Å². The molecule has 0 bridgehead atoms. The number of allylic oxidation sites excluding steroid dienone is 26. The summed E-state index contributed by atoms with van der Waals surface area (Å²) >= 11 is 0. The van der Waals surface area contributed by atoms with Crippen LogP contribution < -0.4 is 0 Å². The molecule has 0 aliphatic carbocycles. The molecule has 6 heteroatoms. The average Bonchev–Trinajstić information content (AvgIpc) is 3.37. The Morgan fingerprint density at radius 2 is 0.563 bits per heavy atom. The summed E-state index contributed by atoms with van der Waals surface area (Å²) in [7, 11) is 0. The van der Waals surface area contributed by atoms with E-state index < -0.39 is 6.10 Å². The van der Waals surface area contributed by atoms with Gasteiger partial charge in [-0.3, -0.25) is 14.4 Å². The average molecular weight is 978 g/mol. The number of carbonyl (C=O) groups excluding carboxylic acids is 3. The molecule has 0 saturated heterocycles. The first kappa shape index (κ1) is 66.0. The lowest BCUT2D eigenvalue weighted by Crippen LogP contribution is -2.30. The third-order valence-electron chi connectivity index (χ3n) is 11.0. The molecule has 0 aromatic rings. The predicted molar refractivity (Wildman–Crippen MR) is 306 cm³/mol. The quantitative estimate of drug-likeness (QED) is 0.0262. The second-order valence-corrected chi connectivity index (χ2v) is 17.7. The van der Waals surface area contributed by atoms with Crippen LogP contribution in [0, 0.1) is 0 Å². The Balaban J connectivity index is 4.51. The zero-order valence-electron chi connectivity index (χ0n) is 45.2. The van der Waals surface area contributed by atoms with Crippen LogP contribution in [0.1, 0.15) is 213 Å². The molecule has 0 N–H and O–H groups in total. The Kier molecular flexibility index (Phi) is 53.6. The number of ether oxygens (including phenoxy) is 3. The lowest BCUT2D eigenvalue weighted by atomic mass is 10.1. The molecule has 0 aromatic carbocycles. The fourth-order valence-electron chi connectivity index (χ4n) is 6.90. The summed E-state index contributed by atoms with van der Waals surface area (Å²) in [4.78, 5) is 38.0. The largest absolute Gasteiger partial charge is 0.462 e. The SMILES string of the molecule is CC/C=C\C/C=C\C/C=C\C/C=C\C/C=C\C/C=C\C/C=C\CCCC(=O)OCC(COC(=O)CCCCCCCCCCC)OC(=O)CCCC/C=C\C/C=C\C/C=C\C/C=C\C/C=C\C/C=C\CC. The normalized spacial score (nSPS) is 13.3. The van der Waals surface area contributed by atoms with Crippen LogP contribution in [0.5, 0.6) is 0 Å². The van der Waals surface area contributed by atoms with Gasteiger partial charge in [-0.05, 0) is 122 Å². The zero-order valence-corrected chi connectivity index (χ0v) is 45.2. The third kappa shape index (κ3) is 55.8. The number of hydrogen-bond donors (Lipinski definition) is 0. The number of carbonyl (C=O) groups is 3. The number of hydrogen-bond acceptors (Lipinski definition) is 6. The highest BCUT2D eigenvalue weighted by atomic mass is 16.6. The summed E-state index contributed by atoms with van der Waals surface area (Å²) in [5.74, 6) is -1.04. The molecule has 0 heterocycles. The molecule has 0 fully saturated rings. The monoisotopic (exact) mass is 977 g/mol. The molecule has 0 aromatic heterocycles. The van der Waals surface area contributed by atoms with E-state index in [0.29, 0.717) is 19.3 Å². The van der Waals surface area contributed by atoms with Crippen molar-refractivity contribution in [3.8, 4) is 0 Å². The molecule has 0 aliphatic heterocycles. The molecule has 0 saturated carbocycles. The van der Waals surface area contributed by atoms with Crippen LogP contribution in [-0.4, -0.2) is 37.2 Å². The van der Waals surface area contributed by atoms with Gasteiger partial charge in [0.15, 0.2) is 6.10 Å². The van der Waals surface area contributed by atoms with Crippen molar-refractivity contribution >= 4 is 17.9 Å². The van der Waals surface area contributed by atoms with Crippen LogP contribution in [-0.2, 0) is 28.6 Å². The van der Waals surface area contributed by atoms with Gasteiger partial charge in [-0.25, -0.2) is 0 Å². The summed E-state index contributed by atoms with van der Waals surface area (Å²) in [6.07, 6.45) is 83.9. The van der Waals surface area contributed by atoms with E-state index in [1.54, 1.807) is 0 Å². The number of rotatable bonds is 48. The van der Waals surface area contributed by atoms with E-state index in [-0.39, 0.29) is 44.0 Å². The molecule has 1 unspecified atom stereocenters. The van der Waals surface area contributed by atoms with E-state index in [4.69, 9.17) is 14.2 Å². The zero-order chi connectivity index (χ0) is 51.4. The Labute approximate surface area is 435 Å². The highest BCUT2D eigenvalue weighted by Gasteiger charge is 2.19. The summed E-state index contributed by atoms with van der Waals surface area (Å²) < 4.78 is 16.7.